The number of Topliss-reactive ketones (excluding diaryl/α,β-unsaturated/α-hetero) is 1. The lowest BCUT2D eigenvalue weighted by Crippen LogP contribution is -2.59. The standard InChI is InChI=1S/C27H36F3NO3S/c1-6-7-8-9-18-34-23-16-14-22(15-17-23)26(27(28,29)30,31-35(33)25(3,4)5)19-24(32)21-12-10-20(2)11-13-21/h10-17,31H,6-9,18-19H2,1-5H3/t26-,35?/m0/s1. The molecule has 2 rings (SSSR count). The second kappa shape index (κ2) is 12.3. The molecule has 1 unspecified atom stereocenters. The molecule has 0 bridgehead atoms. The predicted molar refractivity (Wildman–Crippen MR) is 135 cm³/mol. The average Bonchev–Trinajstić information content (AvgIpc) is 2.77. The zero-order valence-electron chi connectivity index (χ0n) is 21.1. The Kier molecular flexibility index (Phi) is 10.2. The number of unbranched alkanes of at least 4 members (excludes halogenated alkanes) is 3. The summed E-state index contributed by atoms with van der Waals surface area (Å²) in [7, 11) is 0. The molecule has 0 saturated carbocycles. The van der Waals surface area contributed by atoms with Gasteiger partial charge in [0.2, 0.25) is 0 Å². The topological polar surface area (TPSA) is 61.4 Å². The summed E-state index contributed by atoms with van der Waals surface area (Å²) in [6.45, 7) is 9.14. The van der Waals surface area contributed by atoms with Gasteiger partial charge in [-0.15, -0.1) is 4.72 Å². The zero-order valence-corrected chi connectivity index (χ0v) is 21.9. The minimum atomic E-state index is -4.91. The first kappa shape index (κ1) is 29.2. The molecule has 4 nitrogen and oxygen atoms in total. The Morgan fingerprint density at radius 1 is 0.971 bits per heavy atom. The molecule has 0 amide bonds. The van der Waals surface area contributed by atoms with E-state index in [-0.39, 0.29) is 11.1 Å². The van der Waals surface area contributed by atoms with Crippen LogP contribution in [0.5, 0.6) is 5.75 Å². The van der Waals surface area contributed by atoms with E-state index in [4.69, 9.17) is 4.74 Å². The molecule has 0 aliphatic rings. The van der Waals surface area contributed by atoms with E-state index < -0.39 is 40.0 Å². The van der Waals surface area contributed by atoms with Gasteiger partial charge in [0.25, 0.3) is 0 Å². The van der Waals surface area contributed by atoms with Crippen LogP contribution in [0.25, 0.3) is 0 Å². The SMILES string of the molecule is CCCCCCOc1ccc([C@](CC(=O)c2ccc(C)cc2)(N[S+]([O-])C(C)(C)C)C(F)(F)F)cc1. The lowest BCUT2D eigenvalue weighted by Gasteiger charge is -2.38. The van der Waals surface area contributed by atoms with E-state index in [1.807, 2.05) is 6.92 Å². The first-order valence-electron chi connectivity index (χ1n) is 11.9. The molecule has 1 N–H and O–H groups in total. The summed E-state index contributed by atoms with van der Waals surface area (Å²) in [6, 6.07) is 11.9. The minimum Gasteiger partial charge on any atom is -0.598 e. The molecule has 0 aliphatic heterocycles. The van der Waals surface area contributed by atoms with Crippen molar-refractivity contribution in [3.63, 3.8) is 0 Å². The molecule has 0 radical (unpaired) electrons. The summed E-state index contributed by atoms with van der Waals surface area (Å²) in [4.78, 5) is 13.1. The van der Waals surface area contributed by atoms with Gasteiger partial charge >= 0.3 is 6.18 Å². The number of benzene rings is 2. The number of halogens is 3. The predicted octanol–water partition coefficient (Wildman–Crippen LogP) is 7.04. The molecule has 0 fully saturated rings. The zero-order chi connectivity index (χ0) is 26.3. The van der Waals surface area contributed by atoms with Crippen LogP contribution in [0, 0.1) is 6.92 Å². The van der Waals surface area contributed by atoms with Crippen LogP contribution >= 0.6 is 0 Å². The number of hydrogen-bond donors (Lipinski definition) is 1. The Balaban J connectivity index is 2.42. The Hall–Kier alpha value is -2.03. The molecule has 2 aromatic rings. The van der Waals surface area contributed by atoms with Gasteiger partial charge in [-0.2, -0.15) is 13.2 Å². The summed E-state index contributed by atoms with van der Waals surface area (Å²) < 4.78 is 64.3. The van der Waals surface area contributed by atoms with Crippen LogP contribution in [0.3, 0.4) is 0 Å². The van der Waals surface area contributed by atoms with Gasteiger partial charge in [-0.3, -0.25) is 4.79 Å². The van der Waals surface area contributed by atoms with Crippen molar-refractivity contribution in [3.05, 3.63) is 65.2 Å². The molecule has 0 aliphatic carbocycles. The third kappa shape index (κ3) is 7.98. The van der Waals surface area contributed by atoms with E-state index >= 15 is 0 Å². The Morgan fingerprint density at radius 3 is 2.09 bits per heavy atom. The number of carbonyl (C=O) groups excluding carboxylic acids is 1. The van der Waals surface area contributed by atoms with Gasteiger partial charge in [0.15, 0.2) is 11.3 Å². The molecule has 2 atom stereocenters. The van der Waals surface area contributed by atoms with Crippen molar-refractivity contribution in [2.45, 2.75) is 83.2 Å². The van der Waals surface area contributed by atoms with Crippen LogP contribution < -0.4 is 9.46 Å². The third-order valence-electron chi connectivity index (χ3n) is 5.72. The van der Waals surface area contributed by atoms with Gasteiger partial charge in [-0.1, -0.05) is 68.1 Å². The van der Waals surface area contributed by atoms with E-state index in [0.29, 0.717) is 12.4 Å². The van der Waals surface area contributed by atoms with Crippen LogP contribution in [0.1, 0.15) is 81.3 Å². The average molecular weight is 512 g/mol. The molecular weight excluding hydrogens is 475 g/mol. The van der Waals surface area contributed by atoms with Gasteiger partial charge in [0.1, 0.15) is 10.5 Å². The lowest BCUT2D eigenvalue weighted by molar-refractivity contribution is -0.194. The maximum absolute atomic E-state index is 14.8. The molecule has 2 aromatic carbocycles. The first-order chi connectivity index (χ1) is 16.3. The number of nitrogens with one attached hydrogen (secondary N) is 1. The second-order valence-electron chi connectivity index (χ2n) is 9.79. The summed E-state index contributed by atoms with van der Waals surface area (Å²) >= 11 is -2.10. The van der Waals surface area contributed by atoms with Crippen molar-refractivity contribution in [3.8, 4) is 5.75 Å². The molecule has 0 saturated heterocycles. The van der Waals surface area contributed by atoms with Crippen LogP contribution in [0.15, 0.2) is 48.5 Å². The van der Waals surface area contributed by atoms with Crippen molar-refractivity contribution in [1.82, 2.24) is 4.72 Å². The fourth-order valence-electron chi connectivity index (χ4n) is 3.47. The largest absolute Gasteiger partial charge is 0.598 e. The molecule has 0 aromatic heterocycles. The van der Waals surface area contributed by atoms with Gasteiger partial charge in [0.05, 0.1) is 6.61 Å². The van der Waals surface area contributed by atoms with Crippen molar-refractivity contribution in [2.24, 2.45) is 0 Å². The highest BCUT2D eigenvalue weighted by Crippen LogP contribution is 2.44. The summed E-state index contributed by atoms with van der Waals surface area (Å²) in [5.41, 5.74) is -1.98. The fraction of sp³-hybridized carbons (Fsp3) is 0.519. The van der Waals surface area contributed by atoms with Crippen molar-refractivity contribution >= 4 is 17.1 Å². The van der Waals surface area contributed by atoms with Crippen LogP contribution in [0.2, 0.25) is 0 Å². The number of ether oxygens (including phenoxy) is 1. The Bertz CT molecular complexity index is 940. The van der Waals surface area contributed by atoms with Gasteiger partial charge in [-0.05, 0) is 51.8 Å². The number of carbonyl (C=O) groups is 1. The molecule has 194 valence electrons. The third-order valence-corrected chi connectivity index (χ3v) is 7.37. The highest BCUT2D eigenvalue weighted by molar-refractivity contribution is 7.90. The molecular formula is C27H36F3NO3S. The van der Waals surface area contributed by atoms with Crippen LogP contribution in [-0.2, 0) is 16.9 Å². The maximum atomic E-state index is 14.8. The minimum absolute atomic E-state index is 0.166. The van der Waals surface area contributed by atoms with Crippen LogP contribution in [-0.4, -0.2) is 27.9 Å². The summed E-state index contributed by atoms with van der Waals surface area (Å²) in [5.74, 6) is -0.250. The smallest absolute Gasteiger partial charge is 0.415 e. The lowest BCUT2D eigenvalue weighted by atomic mass is 9.83. The van der Waals surface area contributed by atoms with E-state index in [1.54, 1.807) is 32.9 Å². The summed E-state index contributed by atoms with van der Waals surface area (Å²) in [6.07, 6.45) is -1.76. The normalized spacial score (nSPS) is 14.9. The van der Waals surface area contributed by atoms with Gasteiger partial charge < -0.3 is 9.29 Å². The number of hydrogen-bond acceptors (Lipinski definition) is 4. The number of alkyl halides is 3. The first-order valence-corrected chi connectivity index (χ1v) is 13.0. The highest BCUT2D eigenvalue weighted by Gasteiger charge is 2.60. The fourth-order valence-corrected chi connectivity index (χ4v) is 4.40. The number of ketones is 1. The summed E-state index contributed by atoms with van der Waals surface area (Å²) in [5, 5.41) is 0. The number of aryl methyl sites for hydroxylation is 1. The maximum Gasteiger partial charge on any atom is 0.415 e. The highest BCUT2D eigenvalue weighted by atomic mass is 32.2. The van der Waals surface area contributed by atoms with E-state index in [1.165, 1.54) is 36.4 Å². The Labute approximate surface area is 210 Å². The molecule has 8 heteroatoms. The van der Waals surface area contributed by atoms with Gasteiger partial charge in [0, 0.05) is 23.3 Å². The van der Waals surface area contributed by atoms with Crippen molar-refractivity contribution in [1.29, 1.82) is 0 Å². The number of rotatable bonds is 12. The second-order valence-corrected chi connectivity index (χ2v) is 11.8. The van der Waals surface area contributed by atoms with Crippen molar-refractivity contribution < 1.29 is 27.3 Å². The quantitative estimate of drug-likeness (QED) is 0.189. The van der Waals surface area contributed by atoms with Gasteiger partial charge in [-0.25, -0.2) is 0 Å². The van der Waals surface area contributed by atoms with Crippen molar-refractivity contribution in [2.75, 3.05) is 6.61 Å². The molecule has 35 heavy (non-hydrogen) atoms. The van der Waals surface area contributed by atoms with E-state index in [9.17, 15) is 22.5 Å². The van der Waals surface area contributed by atoms with E-state index in [2.05, 4.69) is 11.6 Å². The van der Waals surface area contributed by atoms with E-state index in [0.717, 1.165) is 31.2 Å². The Morgan fingerprint density at radius 2 is 1.57 bits per heavy atom. The van der Waals surface area contributed by atoms with Crippen LogP contribution in [0.4, 0.5) is 13.2 Å². The molecule has 0 spiro atoms. The molecule has 0 heterocycles. The monoisotopic (exact) mass is 511 g/mol.